The van der Waals surface area contributed by atoms with Crippen LogP contribution in [0.4, 0.5) is 17.1 Å². The van der Waals surface area contributed by atoms with Crippen LogP contribution in [0.3, 0.4) is 0 Å². The van der Waals surface area contributed by atoms with E-state index < -0.39 is 4.92 Å². The monoisotopic (exact) mass is 483 g/mol. The fraction of sp³-hybridized carbons (Fsp3) is 0.160. The van der Waals surface area contributed by atoms with Crippen molar-refractivity contribution in [2.24, 2.45) is 0 Å². The molecule has 3 aromatic carbocycles. The summed E-state index contributed by atoms with van der Waals surface area (Å²) in [6.07, 6.45) is 0.935. The number of fused-ring (bicyclic) bond motifs is 1. The van der Waals surface area contributed by atoms with Crippen molar-refractivity contribution in [3.05, 3.63) is 111 Å². The van der Waals surface area contributed by atoms with Crippen LogP contribution in [0.15, 0.2) is 90.1 Å². The average Bonchev–Trinajstić information content (AvgIpc) is 2.96. The first-order valence-corrected chi connectivity index (χ1v) is 10.3. The van der Waals surface area contributed by atoms with Crippen LogP contribution in [0.25, 0.3) is 0 Å². The molecule has 0 saturated heterocycles. The van der Waals surface area contributed by atoms with Crippen molar-refractivity contribution in [2.75, 3.05) is 10.6 Å². The summed E-state index contributed by atoms with van der Waals surface area (Å²) in [7, 11) is 0. The van der Waals surface area contributed by atoms with Crippen LogP contribution in [0.1, 0.15) is 35.9 Å². The van der Waals surface area contributed by atoms with Gasteiger partial charge >= 0.3 is 0 Å². The van der Waals surface area contributed by atoms with E-state index in [2.05, 4.69) is 10.6 Å². The summed E-state index contributed by atoms with van der Waals surface area (Å²) in [6, 6.07) is 24.2. The number of anilines is 2. The van der Waals surface area contributed by atoms with E-state index in [1.807, 2.05) is 60.7 Å². The number of halogens is 2. The van der Waals surface area contributed by atoms with Gasteiger partial charge in [-0.3, -0.25) is 14.9 Å². The Morgan fingerprint density at radius 2 is 1.48 bits per heavy atom. The Labute approximate surface area is 204 Å². The lowest BCUT2D eigenvalue weighted by Crippen LogP contribution is -2.26. The van der Waals surface area contributed by atoms with Crippen molar-refractivity contribution in [1.82, 2.24) is 0 Å². The molecule has 2 N–H and O–H groups in total. The van der Waals surface area contributed by atoms with Gasteiger partial charge in [-0.2, -0.15) is 0 Å². The SMILES string of the molecule is Cl.Cl.O=C1CC(c2cccc([N+](=O)[O-])c2)CC2=C1C(c1ccccc1)Nc1ccccc1N2. The minimum atomic E-state index is -0.395. The fourth-order valence-corrected chi connectivity index (χ4v) is 4.52. The number of rotatable bonds is 3. The fourth-order valence-electron chi connectivity index (χ4n) is 4.52. The highest BCUT2D eigenvalue weighted by Gasteiger charge is 2.36. The van der Waals surface area contributed by atoms with Gasteiger partial charge < -0.3 is 10.6 Å². The van der Waals surface area contributed by atoms with Crippen molar-refractivity contribution in [1.29, 1.82) is 0 Å². The topological polar surface area (TPSA) is 84.3 Å². The Morgan fingerprint density at radius 1 is 0.818 bits per heavy atom. The molecule has 170 valence electrons. The number of non-ortho nitro benzene ring substituents is 1. The molecule has 5 rings (SSSR count). The first-order chi connectivity index (χ1) is 15.1. The maximum absolute atomic E-state index is 13.4. The van der Waals surface area contributed by atoms with Gasteiger partial charge in [0, 0.05) is 29.8 Å². The highest BCUT2D eigenvalue weighted by Crippen LogP contribution is 2.44. The Kier molecular flexibility index (Phi) is 7.41. The first kappa shape index (κ1) is 24.3. The number of benzene rings is 3. The van der Waals surface area contributed by atoms with Crippen LogP contribution in [0.5, 0.6) is 0 Å². The Hall–Kier alpha value is -3.35. The van der Waals surface area contributed by atoms with Gasteiger partial charge in [0.25, 0.3) is 5.69 Å². The summed E-state index contributed by atoms with van der Waals surface area (Å²) in [4.78, 5) is 24.3. The molecule has 8 heteroatoms. The first-order valence-electron chi connectivity index (χ1n) is 10.3. The summed E-state index contributed by atoms with van der Waals surface area (Å²) in [5.74, 6) is -0.0558. The Morgan fingerprint density at radius 3 is 2.21 bits per heavy atom. The third-order valence-corrected chi connectivity index (χ3v) is 5.99. The molecule has 0 spiro atoms. The highest BCUT2D eigenvalue weighted by molar-refractivity contribution is 6.01. The Balaban J connectivity index is 0.00000153. The number of carbonyl (C=O) groups excluding carboxylic acids is 1. The lowest BCUT2D eigenvalue weighted by atomic mass is 9.78. The largest absolute Gasteiger partial charge is 0.372 e. The molecule has 6 nitrogen and oxygen atoms in total. The quantitative estimate of drug-likeness (QED) is 0.331. The number of nitrogens with one attached hydrogen (secondary N) is 2. The zero-order valence-electron chi connectivity index (χ0n) is 17.6. The van der Waals surface area contributed by atoms with Crippen molar-refractivity contribution in [2.45, 2.75) is 24.8 Å². The molecule has 2 unspecified atom stereocenters. The molecule has 0 bridgehead atoms. The van der Waals surface area contributed by atoms with Crippen LogP contribution >= 0.6 is 24.8 Å². The molecule has 1 aliphatic heterocycles. The zero-order valence-corrected chi connectivity index (χ0v) is 19.2. The van der Waals surface area contributed by atoms with Crippen LogP contribution in [0.2, 0.25) is 0 Å². The number of para-hydroxylation sites is 2. The number of nitrogens with zero attached hydrogens (tertiary/aromatic N) is 1. The minimum absolute atomic E-state index is 0. The van der Waals surface area contributed by atoms with Crippen molar-refractivity contribution >= 4 is 47.7 Å². The van der Waals surface area contributed by atoms with E-state index in [1.165, 1.54) is 6.07 Å². The predicted molar refractivity (Wildman–Crippen MR) is 134 cm³/mol. The maximum atomic E-state index is 13.4. The van der Waals surface area contributed by atoms with Crippen molar-refractivity contribution < 1.29 is 9.72 Å². The molecule has 0 aromatic heterocycles. The number of nitro benzene ring substituents is 1. The number of allylic oxidation sites excluding steroid dienone is 1. The van der Waals surface area contributed by atoms with Gasteiger partial charge in [0.2, 0.25) is 0 Å². The van der Waals surface area contributed by atoms with E-state index in [1.54, 1.807) is 12.1 Å². The third-order valence-electron chi connectivity index (χ3n) is 5.99. The highest BCUT2D eigenvalue weighted by atomic mass is 35.5. The summed E-state index contributed by atoms with van der Waals surface area (Å²) in [5, 5.41) is 18.3. The number of ketones is 1. The van der Waals surface area contributed by atoms with E-state index in [0.29, 0.717) is 12.8 Å². The number of nitro groups is 1. The van der Waals surface area contributed by atoms with Gasteiger partial charge in [-0.1, -0.05) is 54.6 Å². The summed E-state index contributed by atoms with van der Waals surface area (Å²) < 4.78 is 0. The third kappa shape index (κ3) is 4.72. The standard InChI is InChI=1S/C25H21N3O3.2ClH/c29-23-15-18(17-9-6-10-19(13-17)28(30)31)14-22-24(23)25(16-7-2-1-3-8-16)27-21-12-5-4-11-20(21)26-22;;/h1-13,18,25-27H,14-15H2;2*1H. The lowest BCUT2D eigenvalue weighted by molar-refractivity contribution is -0.384. The van der Waals surface area contributed by atoms with Crippen molar-refractivity contribution in [3.8, 4) is 0 Å². The van der Waals surface area contributed by atoms with Crippen molar-refractivity contribution in [3.63, 3.8) is 0 Å². The normalized spacial score (nSPS) is 18.8. The van der Waals surface area contributed by atoms with E-state index in [4.69, 9.17) is 0 Å². The molecule has 1 aliphatic carbocycles. The lowest BCUT2D eigenvalue weighted by Gasteiger charge is -2.29. The van der Waals surface area contributed by atoms with Gasteiger partial charge in [0.1, 0.15) is 0 Å². The van der Waals surface area contributed by atoms with Gasteiger partial charge in [-0.15, -0.1) is 24.8 Å². The molecule has 0 radical (unpaired) electrons. The molecule has 0 saturated carbocycles. The number of Topliss-reactive ketones (excluding diaryl/α,β-unsaturated/α-hetero) is 1. The maximum Gasteiger partial charge on any atom is 0.269 e. The summed E-state index contributed by atoms with van der Waals surface area (Å²) in [5.41, 5.74) is 5.36. The molecule has 0 fully saturated rings. The van der Waals surface area contributed by atoms with E-state index in [-0.39, 0.29) is 48.2 Å². The van der Waals surface area contributed by atoms with Gasteiger partial charge in [0.15, 0.2) is 5.78 Å². The van der Waals surface area contributed by atoms with Crippen LogP contribution in [0, 0.1) is 10.1 Å². The van der Waals surface area contributed by atoms with E-state index in [9.17, 15) is 14.9 Å². The van der Waals surface area contributed by atoms with E-state index in [0.717, 1.165) is 33.8 Å². The molecule has 2 atom stereocenters. The predicted octanol–water partition coefficient (Wildman–Crippen LogP) is 6.42. The molecule has 0 amide bonds. The average molecular weight is 484 g/mol. The van der Waals surface area contributed by atoms with Gasteiger partial charge in [-0.05, 0) is 35.6 Å². The molecule has 3 aromatic rings. The molecule has 33 heavy (non-hydrogen) atoms. The second kappa shape index (κ2) is 10.1. The summed E-state index contributed by atoms with van der Waals surface area (Å²) >= 11 is 0. The molecular weight excluding hydrogens is 461 g/mol. The zero-order chi connectivity index (χ0) is 21.4. The van der Waals surface area contributed by atoms with Crippen LogP contribution < -0.4 is 10.6 Å². The molecule has 1 heterocycles. The summed E-state index contributed by atoms with van der Waals surface area (Å²) in [6.45, 7) is 0. The second-order valence-electron chi connectivity index (χ2n) is 7.93. The minimum Gasteiger partial charge on any atom is -0.372 e. The van der Waals surface area contributed by atoms with Gasteiger partial charge in [0.05, 0.1) is 22.3 Å². The van der Waals surface area contributed by atoms with Gasteiger partial charge in [-0.25, -0.2) is 0 Å². The van der Waals surface area contributed by atoms with Crippen LogP contribution in [-0.4, -0.2) is 10.7 Å². The van der Waals surface area contributed by atoms with Crippen LogP contribution in [-0.2, 0) is 4.79 Å². The smallest absolute Gasteiger partial charge is 0.269 e. The molecular formula is C25H23Cl2N3O3. The molecule has 2 aliphatic rings. The Bertz CT molecular complexity index is 1210. The number of hydrogen-bond donors (Lipinski definition) is 2. The van der Waals surface area contributed by atoms with E-state index >= 15 is 0 Å². The number of hydrogen-bond acceptors (Lipinski definition) is 5. The second-order valence-corrected chi connectivity index (χ2v) is 7.93. The number of carbonyl (C=O) groups is 1.